The van der Waals surface area contributed by atoms with Crippen LogP contribution in [0.4, 0.5) is 5.69 Å². The van der Waals surface area contributed by atoms with Crippen LogP contribution in [0, 0.1) is 0 Å². The molecule has 0 saturated heterocycles. The van der Waals surface area contributed by atoms with Crippen LogP contribution in [-0.4, -0.2) is 38.5 Å². The Bertz CT molecular complexity index is 1470. The van der Waals surface area contributed by atoms with Gasteiger partial charge in [0.1, 0.15) is 18.1 Å². The predicted octanol–water partition coefficient (Wildman–Crippen LogP) is 5.58. The molecule has 0 unspecified atom stereocenters. The zero-order valence-corrected chi connectivity index (χ0v) is 21.9. The van der Waals surface area contributed by atoms with Crippen molar-refractivity contribution in [3.8, 4) is 11.4 Å². The highest BCUT2D eigenvalue weighted by Gasteiger charge is 2.24. The third-order valence-corrected chi connectivity index (χ3v) is 7.26. The summed E-state index contributed by atoms with van der Waals surface area (Å²) in [5.41, 5.74) is 4.48. The van der Waals surface area contributed by atoms with Crippen LogP contribution in [0.25, 0.3) is 22.4 Å². The number of nitrogens with zero attached hydrogens (tertiary/aromatic N) is 2. The maximum atomic E-state index is 13.1. The number of carbonyl (C=O) groups is 3. The highest BCUT2D eigenvalue weighted by molar-refractivity contribution is 6.02. The van der Waals surface area contributed by atoms with Crippen molar-refractivity contribution in [2.75, 3.05) is 5.32 Å². The Morgan fingerprint density at radius 1 is 1.08 bits per heavy atom. The topological polar surface area (TPSA) is 126 Å². The van der Waals surface area contributed by atoms with Crippen molar-refractivity contribution in [2.45, 2.75) is 64.0 Å². The predicted molar refractivity (Wildman–Crippen MR) is 148 cm³/mol. The van der Waals surface area contributed by atoms with Crippen molar-refractivity contribution in [1.82, 2.24) is 14.9 Å². The molecule has 2 aromatic heterocycles. The smallest absolute Gasteiger partial charge is 0.303 e. The van der Waals surface area contributed by atoms with E-state index in [1.807, 2.05) is 12.1 Å². The average Bonchev–Trinajstić information content (AvgIpc) is 3.61. The third kappa shape index (κ3) is 6.03. The second kappa shape index (κ2) is 11.6. The van der Waals surface area contributed by atoms with Crippen molar-refractivity contribution in [3.05, 3.63) is 72.2 Å². The molecule has 1 fully saturated rings. The second-order valence-corrected chi connectivity index (χ2v) is 10.1. The molecule has 2 aromatic carbocycles. The van der Waals surface area contributed by atoms with E-state index >= 15 is 0 Å². The normalized spacial score (nSPS) is 14.7. The summed E-state index contributed by atoms with van der Waals surface area (Å²) in [6, 6.07) is 14.0. The summed E-state index contributed by atoms with van der Waals surface area (Å²) in [7, 11) is 0. The summed E-state index contributed by atoms with van der Waals surface area (Å²) in [6.45, 7) is 1.63. The molecule has 1 aliphatic carbocycles. The van der Waals surface area contributed by atoms with E-state index in [1.54, 1.807) is 55.8 Å². The molecule has 5 rings (SSSR count). The molecule has 0 radical (unpaired) electrons. The standard InChI is InChI=1S/C30H32N4O5/c1-19(29(37)32-23-11-7-20(8-12-23)9-14-27(35)36)31-30(38)21-10-13-26-25(17-21)33-28(22-15-16-39-18-22)34(26)24-5-3-2-4-6-24/h7-8,10-13,15-19,24H,2-6,9,14H2,1H3,(H,31,38)(H,32,37)(H,35,36)/t19-/m1/s1. The van der Waals surface area contributed by atoms with Gasteiger partial charge in [0.05, 0.1) is 22.9 Å². The minimum atomic E-state index is -0.855. The summed E-state index contributed by atoms with van der Waals surface area (Å²) in [6.07, 6.45) is 9.60. The minimum Gasteiger partial charge on any atom is -0.481 e. The molecular weight excluding hydrogens is 496 g/mol. The first-order valence-corrected chi connectivity index (χ1v) is 13.4. The van der Waals surface area contributed by atoms with Gasteiger partial charge in [0.2, 0.25) is 5.91 Å². The van der Waals surface area contributed by atoms with Gasteiger partial charge in [-0.2, -0.15) is 0 Å². The average molecular weight is 529 g/mol. The summed E-state index contributed by atoms with van der Waals surface area (Å²) >= 11 is 0. The number of fused-ring (bicyclic) bond motifs is 1. The molecule has 4 aromatic rings. The molecule has 9 heteroatoms. The molecule has 0 bridgehead atoms. The van der Waals surface area contributed by atoms with Gasteiger partial charge in [-0.15, -0.1) is 0 Å². The molecule has 0 aliphatic heterocycles. The summed E-state index contributed by atoms with van der Waals surface area (Å²) in [5, 5.41) is 14.4. The van der Waals surface area contributed by atoms with Crippen LogP contribution in [0.15, 0.2) is 65.5 Å². The van der Waals surface area contributed by atoms with Gasteiger partial charge in [0.25, 0.3) is 5.91 Å². The van der Waals surface area contributed by atoms with E-state index in [4.69, 9.17) is 14.5 Å². The van der Waals surface area contributed by atoms with Crippen LogP contribution < -0.4 is 10.6 Å². The monoisotopic (exact) mass is 528 g/mol. The Morgan fingerprint density at radius 3 is 2.54 bits per heavy atom. The van der Waals surface area contributed by atoms with E-state index in [1.165, 1.54) is 19.3 Å². The molecule has 1 aliphatic rings. The number of rotatable bonds is 9. The first kappa shape index (κ1) is 26.2. The lowest BCUT2D eigenvalue weighted by molar-refractivity contribution is -0.137. The number of carboxylic acids is 1. The molecule has 0 spiro atoms. The van der Waals surface area contributed by atoms with Crippen LogP contribution >= 0.6 is 0 Å². The number of carbonyl (C=O) groups excluding carboxylic acids is 2. The number of imidazole rings is 1. The SMILES string of the molecule is C[C@@H](NC(=O)c1ccc2c(c1)nc(-c1ccoc1)n2C1CCCCC1)C(=O)Nc1ccc(CCC(=O)O)cc1. The Hall–Kier alpha value is -4.40. The van der Waals surface area contributed by atoms with Gasteiger partial charge in [-0.05, 0) is 68.1 Å². The number of aliphatic carboxylic acids is 1. The number of amides is 2. The van der Waals surface area contributed by atoms with Gasteiger partial charge in [-0.3, -0.25) is 14.4 Å². The zero-order valence-electron chi connectivity index (χ0n) is 21.9. The Labute approximate surface area is 226 Å². The lowest BCUT2D eigenvalue weighted by atomic mass is 9.95. The first-order valence-electron chi connectivity index (χ1n) is 13.4. The van der Waals surface area contributed by atoms with Crippen molar-refractivity contribution in [1.29, 1.82) is 0 Å². The van der Waals surface area contributed by atoms with E-state index in [2.05, 4.69) is 15.2 Å². The maximum absolute atomic E-state index is 13.1. The highest BCUT2D eigenvalue weighted by atomic mass is 16.4. The molecule has 202 valence electrons. The third-order valence-electron chi connectivity index (χ3n) is 7.26. The van der Waals surface area contributed by atoms with E-state index in [9.17, 15) is 14.4 Å². The van der Waals surface area contributed by atoms with Gasteiger partial charge in [-0.1, -0.05) is 31.4 Å². The van der Waals surface area contributed by atoms with Gasteiger partial charge < -0.3 is 24.7 Å². The van der Waals surface area contributed by atoms with E-state index < -0.39 is 12.0 Å². The van der Waals surface area contributed by atoms with Crippen molar-refractivity contribution < 1.29 is 23.9 Å². The van der Waals surface area contributed by atoms with Crippen LogP contribution in [-0.2, 0) is 16.0 Å². The molecule has 3 N–H and O–H groups in total. The van der Waals surface area contributed by atoms with E-state index in [-0.39, 0.29) is 18.2 Å². The number of aryl methyl sites for hydroxylation is 1. The van der Waals surface area contributed by atoms with Crippen LogP contribution in [0.2, 0.25) is 0 Å². The fourth-order valence-electron chi connectivity index (χ4n) is 5.15. The molecule has 2 heterocycles. The number of carboxylic acid groups (broad SMARTS) is 1. The zero-order chi connectivity index (χ0) is 27.4. The number of hydrogen-bond donors (Lipinski definition) is 3. The molecule has 1 atom stereocenters. The summed E-state index contributed by atoms with van der Waals surface area (Å²) in [4.78, 5) is 41.4. The van der Waals surface area contributed by atoms with Gasteiger partial charge in [-0.25, -0.2) is 4.98 Å². The summed E-state index contributed by atoms with van der Waals surface area (Å²) in [5.74, 6) is -0.732. The second-order valence-electron chi connectivity index (χ2n) is 10.1. The minimum absolute atomic E-state index is 0.0476. The molecule has 39 heavy (non-hydrogen) atoms. The number of hydrogen-bond acceptors (Lipinski definition) is 5. The molecule has 2 amide bonds. The Kier molecular flexibility index (Phi) is 7.76. The number of benzene rings is 2. The highest BCUT2D eigenvalue weighted by Crippen LogP contribution is 2.36. The quantitative estimate of drug-likeness (QED) is 0.260. The lowest BCUT2D eigenvalue weighted by Crippen LogP contribution is -2.41. The fourth-order valence-corrected chi connectivity index (χ4v) is 5.15. The number of anilines is 1. The van der Waals surface area contributed by atoms with Crippen molar-refractivity contribution in [3.63, 3.8) is 0 Å². The lowest BCUT2D eigenvalue weighted by Gasteiger charge is -2.25. The number of furan rings is 1. The summed E-state index contributed by atoms with van der Waals surface area (Å²) < 4.78 is 7.61. The Morgan fingerprint density at radius 2 is 1.85 bits per heavy atom. The number of nitrogens with one attached hydrogen (secondary N) is 2. The van der Waals surface area contributed by atoms with E-state index in [0.717, 1.165) is 40.8 Å². The first-order chi connectivity index (χ1) is 18.9. The van der Waals surface area contributed by atoms with Crippen LogP contribution in [0.5, 0.6) is 0 Å². The van der Waals surface area contributed by atoms with Crippen molar-refractivity contribution in [2.24, 2.45) is 0 Å². The van der Waals surface area contributed by atoms with Gasteiger partial charge in [0, 0.05) is 23.7 Å². The maximum Gasteiger partial charge on any atom is 0.303 e. The Balaban J connectivity index is 1.28. The molecular formula is C30H32N4O5. The largest absolute Gasteiger partial charge is 0.481 e. The van der Waals surface area contributed by atoms with Crippen molar-refractivity contribution >= 4 is 34.5 Å². The van der Waals surface area contributed by atoms with Crippen LogP contribution in [0.3, 0.4) is 0 Å². The van der Waals surface area contributed by atoms with Gasteiger partial charge >= 0.3 is 5.97 Å². The van der Waals surface area contributed by atoms with Crippen LogP contribution in [0.1, 0.15) is 67.4 Å². The molecule has 1 saturated carbocycles. The van der Waals surface area contributed by atoms with E-state index in [0.29, 0.717) is 23.7 Å². The molecule has 9 nitrogen and oxygen atoms in total. The number of aromatic nitrogens is 2. The fraction of sp³-hybridized carbons (Fsp3) is 0.333. The van der Waals surface area contributed by atoms with Gasteiger partial charge in [0.15, 0.2) is 0 Å².